The molecular weight excluding hydrogens is 307 g/mol. The van der Waals surface area contributed by atoms with Gasteiger partial charge in [-0.3, -0.25) is 4.79 Å². The van der Waals surface area contributed by atoms with Crippen LogP contribution in [0.2, 0.25) is 0 Å². The van der Waals surface area contributed by atoms with Crippen molar-refractivity contribution in [2.45, 2.75) is 19.8 Å². The number of benzene rings is 2. The molecule has 0 aliphatic heterocycles. The van der Waals surface area contributed by atoms with Crippen molar-refractivity contribution in [3.63, 3.8) is 0 Å². The monoisotopic (exact) mass is 324 g/mol. The SMILES string of the molecule is Cc1ccc(-c2cnc(CCC(=O)Nc3ccccc3F)o2)cc1. The van der Waals surface area contributed by atoms with Crippen molar-refractivity contribution >= 4 is 11.6 Å². The number of nitrogens with zero attached hydrogens (tertiary/aromatic N) is 1. The molecule has 0 aliphatic carbocycles. The highest BCUT2D eigenvalue weighted by atomic mass is 19.1. The quantitative estimate of drug-likeness (QED) is 0.758. The molecule has 0 unspecified atom stereocenters. The summed E-state index contributed by atoms with van der Waals surface area (Å²) < 4.78 is 19.2. The number of para-hydroxylation sites is 1. The van der Waals surface area contributed by atoms with E-state index in [0.29, 0.717) is 18.1 Å². The molecule has 5 heteroatoms. The number of amides is 1. The maximum Gasteiger partial charge on any atom is 0.224 e. The van der Waals surface area contributed by atoms with Crippen LogP contribution in [0, 0.1) is 12.7 Å². The number of aryl methyl sites for hydroxylation is 2. The van der Waals surface area contributed by atoms with E-state index >= 15 is 0 Å². The van der Waals surface area contributed by atoms with Crippen LogP contribution in [0.25, 0.3) is 11.3 Å². The van der Waals surface area contributed by atoms with Crippen molar-refractivity contribution in [2.24, 2.45) is 0 Å². The minimum atomic E-state index is -0.455. The lowest BCUT2D eigenvalue weighted by atomic mass is 10.1. The van der Waals surface area contributed by atoms with Gasteiger partial charge in [0, 0.05) is 18.4 Å². The van der Waals surface area contributed by atoms with Gasteiger partial charge in [0.15, 0.2) is 11.7 Å². The van der Waals surface area contributed by atoms with Crippen LogP contribution in [-0.2, 0) is 11.2 Å². The van der Waals surface area contributed by atoms with Crippen LogP contribution in [0.3, 0.4) is 0 Å². The van der Waals surface area contributed by atoms with E-state index in [-0.39, 0.29) is 18.0 Å². The van der Waals surface area contributed by atoms with Gasteiger partial charge in [-0.15, -0.1) is 0 Å². The summed E-state index contributed by atoms with van der Waals surface area (Å²) in [6, 6.07) is 14.0. The third kappa shape index (κ3) is 3.87. The Hall–Kier alpha value is -2.95. The molecule has 0 radical (unpaired) electrons. The molecule has 24 heavy (non-hydrogen) atoms. The van der Waals surface area contributed by atoms with E-state index in [1.165, 1.54) is 17.7 Å². The van der Waals surface area contributed by atoms with Crippen LogP contribution in [-0.4, -0.2) is 10.9 Å². The molecule has 1 heterocycles. The van der Waals surface area contributed by atoms with E-state index in [1.54, 1.807) is 18.3 Å². The fourth-order valence-electron chi connectivity index (χ4n) is 2.27. The third-order valence-electron chi connectivity index (χ3n) is 3.60. The number of oxazole rings is 1. The van der Waals surface area contributed by atoms with Crippen molar-refractivity contribution in [3.8, 4) is 11.3 Å². The molecule has 1 aromatic heterocycles. The summed E-state index contributed by atoms with van der Waals surface area (Å²) >= 11 is 0. The molecule has 1 amide bonds. The lowest BCUT2D eigenvalue weighted by Crippen LogP contribution is -2.13. The Morgan fingerprint density at radius 3 is 2.67 bits per heavy atom. The molecule has 0 bridgehead atoms. The van der Waals surface area contributed by atoms with E-state index in [1.807, 2.05) is 31.2 Å². The van der Waals surface area contributed by atoms with Crippen LogP contribution in [0.1, 0.15) is 17.9 Å². The summed E-state index contributed by atoms with van der Waals surface area (Å²) in [7, 11) is 0. The predicted molar refractivity (Wildman–Crippen MR) is 90.0 cm³/mol. The number of hydrogen-bond donors (Lipinski definition) is 1. The van der Waals surface area contributed by atoms with Crippen molar-refractivity contribution in [1.82, 2.24) is 4.98 Å². The highest BCUT2D eigenvalue weighted by Gasteiger charge is 2.10. The number of hydrogen-bond acceptors (Lipinski definition) is 3. The first-order valence-electron chi connectivity index (χ1n) is 7.68. The molecule has 3 aromatic rings. The van der Waals surface area contributed by atoms with Gasteiger partial charge in [0.2, 0.25) is 5.91 Å². The lowest BCUT2D eigenvalue weighted by Gasteiger charge is -2.05. The third-order valence-corrected chi connectivity index (χ3v) is 3.60. The smallest absolute Gasteiger partial charge is 0.224 e. The van der Waals surface area contributed by atoms with E-state index in [9.17, 15) is 9.18 Å². The molecule has 1 N–H and O–H groups in total. The minimum Gasteiger partial charge on any atom is -0.441 e. The Morgan fingerprint density at radius 1 is 1.17 bits per heavy atom. The van der Waals surface area contributed by atoms with Gasteiger partial charge in [-0.1, -0.05) is 42.0 Å². The van der Waals surface area contributed by atoms with Gasteiger partial charge in [-0.2, -0.15) is 0 Å². The van der Waals surface area contributed by atoms with Gasteiger partial charge in [-0.05, 0) is 19.1 Å². The van der Waals surface area contributed by atoms with Crippen molar-refractivity contribution < 1.29 is 13.6 Å². The number of halogens is 1. The van der Waals surface area contributed by atoms with Gasteiger partial charge >= 0.3 is 0 Å². The molecule has 122 valence electrons. The predicted octanol–water partition coefficient (Wildman–Crippen LogP) is 4.36. The standard InChI is InChI=1S/C19H17FN2O2/c1-13-6-8-14(9-7-13)17-12-21-19(24-17)11-10-18(23)22-16-5-3-2-4-15(16)20/h2-9,12H,10-11H2,1H3,(H,22,23). The average Bonchev–Trinajstić information content (AvgIpc) is 3.05. The molecule has 0 fully saturated rings. The Morgan fingerprint density at radius 2 is 1.92 bits per heavy atom. The first kappa shape index (κ1) is 15.9. The number of carbonyl (C=O) groups excluding carboxylic acids is 1. The van der Waals surface area contributed by atoms with Crippen LogP contribution in [0.4, 0.5) is 10.1 Å². The first-order valence-corrected chi connectivity index (χ1v) is 7.68. The zero-order valence-electron chi connectivity index (χ0n) is 13.3. The molecule has 2 aromatic carbocycles. The number of carbonyl (C=O) groups is 1. The summed E-state index contributed by atoms with van der Waals surface area (Å²) in [6.07, 6.45) is 2.17. The zero-order valence-corrected chi connectivity index (χ0v) is 13.3. The molecule has 4 nitrogen and oxygen atoms in total. The molecular formula is C19H17FN2O2. The Labute approximate surface area is 139 Å². The number of rotatable bonds is 5. The van der Waals surface area contributed by atoms with Gasteiger partial charge in [0.25, 0.3) is 0 Å². The maximum absolute atomic E-state index is 13.5. The molecule has 0 aliphatic rings. The van der Waals surface area contributed by atoms with Crippen molar-refractivity contribution in [1.29, 1.82) is 0 Å². The van der Waals surface area contributed by atoms with E-state index in [4.69, 9.17) is 4.42 Å². The number of aromatic nitrogens is 1. The molecule has 0 atom stereocenters. The van der Waals surface area contributed by atoms with E-state index in [0.717, 1.165) is 5.56 Å². The fourth-order valence-corrected chi connectivity index (χ4v) is 2.27. The second-order valence-corrected chi connectivity index (χ2v) is 5.51. The fraction of sp³-hybridized carbons (Fsp3) is 0.158. The Kier molecular flexibility index (Phi) is 4.70. The average molecular weight is 324 g/mol. The van der Waals surface area contributed by atoms with Crippen LogP contribution < -0.4 is 5.32 Å². The topological polar surface area (TPSA) is 55.1 Å². The van der Waals surface area contributed by atoms with Crippen LogP contribution >= 0.6 is 0 Å². The van der Waals surface area contributed by atoms with Gasteiger partial charge < -0.3 is 9.73 Å². The van der Waals surface area contributed by atoms with E-state index < -0.39 is 5.82 Å². The Bertz CT molecular complexity index is 841. The Balaban J connectivity index is 1.58. The van der Waals surface area contributed by atoms with Crippen LogP contribution in [0.15, 0.2) is 59.1 Å². The van der Waals surface area contributed by atoms with Gasteiger partial charge in [-0.25, -0.2) is 9.37 Å². The molecule has 0 spiro atoms. The van der Waals surface area contributed by atoms with Gasteiger partial charge in [0.1, 0.15) is 5.82 Å². The summed E-state index contributed by atoms with van der Waals surface area (Å²) in [5.74, 6) is 0.410. The zero-order chi connectivity index (χ0) is 16.9. The molecule has 3 rings (SSSR count). The van der Waals surface area contributed by atoms with E-state index in [2.05, 4.69) is 10.3 Å². The summed E-state index contributed by atoms with van der Waals surface area (Å²) in [5, 5.41) is 2.54. The minimum absolute atomic E-state index is 0.169. The van der Waals surface area contributed by atoms with Crippen molar-refractivity contribution in [3.05, 3.63) is 72.0 Å². The van der Waals surface area contributed by atoms with Crippen LogP contribution in [0.5, 0.6) is 0 Å². The highest BCUT2D eigenvalue weighted by molar-refractivity contribution is 5.90. The summed E-state index contributed by atoms with van der Waals surface area (Å²) in [4.78, 5) is 16.1. The second kappa shape index (κ2) is 7.08. The number of anilines is 1. The molecule has 0 saturated carbocycles. The lowest BCUT2D eigenvalue weighted by molar-refractivity contribution is -0.116. The first-order chi connectivity index (χ1) is 11.6. The second-order valence-electron chi connectivity index (χ2n) is 5.51. The summed E-state index contributed by atoms with van der Waals surface area (Å²) in [6.45, 7) is 2.02. The number of nitrogens with one attached hydrogen (secondary N) is 1. The highest BCUT2D eigenvalue weighted by Crippen LogP contribution is 2.21. The summed E-state index contributed by atoms with van der Waals surface area (Å²) in [5.41, 5.74) is 2.29. The normalized spacial score (nSPS) is 10.6. The van der Waals surface area contributed by atoms with Crippen molar-refractivity contribution in [2.75, 3.05) is 5.32 Å². The maximum atomic E-state index is 13.5. The van der Waals surface area contributed by atoms with Gasteiger partial charge in [0.05, 0.1) is 11.9 Å². The largest absolute Gasteiger partial charge is 0.441 e. The molecule has 0 saturated heterocycles.